The first-order chi connectivity index (χ1) is 9.13. The molecule has 1 amide bonds. The predicted molar refractivity (Wildman–Crippen MR) is 67.4 cm³/mol. The Hall–Kier alpha value is -0.980. The standard InChI is InChI=1S/C13H22F3NO3/c1-12(2,3)20-11(18)17-6-4-10(5-7-17)8-19-13(15,16)9-14/h10H,4-9H2,1-3H3. The topological polar surface area (TPSA) is 38.8 Å². The molecule has 1 heterocycles. The highest BCUT2D eigenvalue weighted by atomic mass is 19.3. The van der Waals surface area contributed by atoms with Crippen molar-refractivity contribution in [2.75, 3.05) is 26.4 Å². The number of likely N-dealkylation sites (tertiary alicyclic amines) is 1. The second-order valence-corrected chi connectivity index (χ2v) is 5.99. The minimum absolute atomic E-state index is 0.0916. The summed E-state index contributed by atoms with van der Waals surface area (Å²) in [4.78, 5) is 13.3. The number of alkyl halides is 3. The molecule has 0 aromatic rings. The van der Waals surface area contributed by atoms with Crippen molar-refractivity contribution in [2.24, 2.45) is 5.92 Å². The van der Waals surface area contributed by atoms with Gasteiger partial charge in [-0.25, -0.2) is 9.18 Å². The first-order valence-electron chi connectivity index (χ1n) is 6.68. The molecule has 0 atom stereocenters. The van der Waals surface area contributed by atoms with Gasteiger partial charge in [0, 0.05) is 13.1 Å². The SMILES string of the molecule is CC(C)(C)OC(=O)N1CCC(COC(F)(F)CF)CC1. The van der Waals surface area contributed by atoms with Crippen LogP contribution in [0.4, 0.5) is 18.0 Å². The van der Waals surface area contributed by atoms with E-state index in [1.54, 1.807) is 25.7 Å². The summed E-state index contributed by atoms with van der Waals surface area (Å²) in [6.07, 6.45) is -3.02. The normalized spacial score (nSPS) is 18.2. The van der Waals surface area contributed by atoms with Gasteiger partial charge in [0.25, 0.3) is 0 Å². The molecule has 20 heavy (non-hydrogen) atoms. The summed E-state index contributed by atoms with van der Waals surface area (Å²) in [5, 5.41) is 0. The zero-order valence-electron chi connectivity index (χ0n) is 12.1. The molecule has 1 fully saturated rings. The van der Waals surface area contributed by atoms with Gasteiger partial charge in [-0.15, -0.1) is 0 Å². The van der Waals surface area contributed by atoms with Gasteiger partial charge < -0.3 is 14.4 Å². The number of hydrogen-bond acceptors (Lipinski definition) is 3. The number of carbonyl (C=O) groups is 1. The van der Waals surface area contributed by atoms with E-state index < -0.39 is 24.5 Å². The first-order valence-corrected chi connectivity index (χ1v) is 6.68. The molecule has 0 saturated carbocycles. The van der Waals surface area contributed by atoms with Gasteiger partial charge in [0.2, 0.25) is 0 Å². The van der Waals surface area contributed by atoms with Crippen LogP contribution in [0.3, 0.4) is 0 Å². The molecule has 0 aliphatic carbocycles. The molecule has 7 heteroatoms. The summed E-state index contributed by atoms with van der Waals surface area (Å²) >= 11 is 0. The number of halogens is 3. The molecular weight excluding hydrogens is 275 g/mol. The van der Waals surface area contributed by atoms with Crippen LogP contribution in [-0.2, 0) is 9.47 Å². The molecule has 0 N–H and O–H groups in total. The number of rotatable bonds is 4. The molecular formula is C13H22F3NO3. The van der Waals surface area contributed by atoms with Crippen LogP contribution >= 0.6 is 0 Å². The van der Waals surface area contributed by atoms with E-state index in [-0.39, 0.29) is 12.5 Å². The Kier molecular flexibility index (Phi) is 5.68. The van der Waals surface area contributed by atoms with Crippen molar-refractivity contribution >= 4 is 6.09 Å². The van der Waals surface area contributed by atoms with Crippen LogP contribution in [0.1, 0.15) is 33.6 Å². The Morgan fingerprint density at radius 3 is 2.25 bits per heavy atom. The molecule has 0 aromatic carbocycles. The molecule has 1 rings (SSSR count). The quantitative estimate of drug-likeness (QED) is 0.800. The molecule has 4 nitrogen and oxygen atoms in total. The van der Waals surface area contributed by atoms with E-state index in [2.05, 4.69) is 4.74 Å². The molecule has 118 valence electrons. The van der Waals surface area contributed by atoms with E-state index in [9.17, 15) is 18.0 Å². The first kappa shape index (κ1) is 17.1. The maximum Gasteiger partial charge on any atom is 0.410 e. The molecule has 1 aliphatic heterocycles. The number of amides is 1. The number of piperidine rings is 1. The molecule has 0 bridgehead atoms. The van der Waals surface area contributed by atoms with Crippen LogP contribution < -0.4 is 0 Å². The highest BCUT2D eigenvalue weighted by molar-refractivity contribution is 5.68. The van der Waals surface area contributed by atoms with E-state index in [4.69, 9.17) is 4.74 Å². The van der Waals surface area contributed by atoms with E-state index in [1.165, 1.54) is 0 Å². The number of nitrogens with zero attached hydrogens (tertiary/aromatic N) is 1. The smallest absolute Gasteiger partial charge is 0.410 e. The summed E-state index contributed by atoms with van der Waals surface area (Å²) in [7, 11) is 0. The van der Waals surface area contributed by atoms with Crippen molar-refractivity contribution in [3.8, 4) is 0 Å². The van der Waals surface area contributed by atoms with Crippen LogP contribution in [0.5, 0.6) is 0 Å². The third-order valence-corrected chi connectivity index (χ3v) is 2.95. The Morgan fingerprint density at radius 2 is 1.80 bits per heavy atom. The zero-order chi connectivity index (χ0) is 15.4. The van der Waals surface area contributed by atoms with Crippen molar-refractivity contribution in [1.82, 2.24) is 4.90 Å². The lowest BCUT2D eigenvalue weighted by molar-refractivity contribution is -0.252. The highest BCUT2D eigenvalue weighted by Crippen LogP contribution is 2.23. The third kappa shape index (κ3) is 5.98. The van der Waals surface area contributed by atoms with Crippen LogP contribution in [-0.4, -0.2) is 49.1 Å². The van der Waals surface area contributed by atoms with Crippen LogP contribution in [0.15, 0.2) is 0 Å². The Labute approximate surface area is 117 Å². The van der Waals surface area contributed by atoms with E-state index in [0.29, 0.717) is 25.9 Å². The number of hydrogen-bond donors (Lipinski definition) is 0. The second-order valence-electron chi connectivity index (χ2n) is 5.99. The van der Waals surface area contributed by atoms with Crippen molar-refractivity contribution in [2.45, 2.75) is 45.3 Å². The number of carbonyl (C=O) groups excluding carboxylic acids is 1. The zero-order valence-corrected chi connectivity index (χ0v) is 12.1. The Morgan fingerprint density at radius 1 is 1.25 bits per heavy atom. The molecule has 1 aliphatic rings. The minimum atomic E-state index is -3.71. The van der Waals surface area contributed by atoms with Gasteiger partial charge >= 0.3 is 12.2 Å². The fraction of sp³-hybridized carbons (Fsp3) is 0.923. The van der Waals surface area contributed by atoms with Crippen molar-refractivity contribution in [1.29, 1.82) is 0 Å². The largest absolute Gasteiger partial charge is 0.444 e. The molecule has 1 saturated heterocycles. The minimum Gasteiger partial charge on any atom is -0.444 e. The summed E-state index contributed by atoms with van der Waals surface area (Å²) in [5.41, 5.74) is -0.555. The Bertz CT molecular complexity index is 323. The van der Waals surface area contributed by atoms with Gasteiger partial charge in [-0.05, 0) is 39.5 Å². The van der Waals surface area contributed by atoms with Crippen LogP contribution in [0, 0.1) is 5.92 Å². The van der Waals surface area contributed by atoms with Crippen molar-refractivity contribution < 1.29 is 27.4 Å². The van der Waals surface area contributed by atoms with Crippen molar-refractivity contribution in [3.63, 3.8) is 0 Å². The molecule has 0 spiro atoms. The van der Waals surface area contributed by atoms with Crippen molar-refractivity contribution in [3.05, 3.63) is 0 Å². The van der Waals surface area contributed by atoms with E-state index in [1.807, 2.05) is 0 Å². The van der Waals surface area contributed by atoms with Gasteiger partial charge in [-0.3, -0.25) is 0 Å². The van der Waals surface area contributed by atoms with Crippen LogP contribution in [0.25, 0.3) is 0 Å². The van der Waals surface area contributed by atoms with Gasteiger partial charge in [0.15, 0.2) is 6.67 Å². The lowest BCUT2D eigenvalue weighted by Gasteiger charge is -2.33. The van der Waals surface area contributed by atoms with Crippen LogP contribution in [0.2, 0.25) is 0 Å². The Balaban J connectivity index is 2.31. The molecule has 0 radical (unpaired) electrons. The van der Waals surface area contributed by atoms with E-state index in [0.717, 1.165) is 0 Å². The summed E-state index contributed by atoms with van der Waals surface area (Å²) in [5.74, 6) is -0.0916. The van der Waals surface area contributed by atoms with Gasteiger partial charge in [-0.2, -0.15) is 8.78 Å². The predicted octanol–water partition coefficient (Wildman–Crippen LogP) is 3.21. The average Bonchev–Trinajstić information content (AvgIpc) is 2.35. The van der Waals surface area contributed by atoms with E-state index >= 15 is 0 Å². The summed E-state index contributed by atoms with van der Waals surface area (Å²) in [6.45, 7) is 4.21. The molecule has 0 unspecified atom stereocenters. The average molecular weight is 297 g/mol. The lowest BCUT2D eigenvalue weighted by atomic mass is 9.98. The maximum absolute atomic E-state index is 12.6. The van der Waals surface area contributed by atoms with Gasteiger partial charge in [0.1, 0.15) is 5.60 Å². The lowest BCUT2D eigenvalue weighted by Crippen LogP contribution is -2.42. The fourth-order valence-electron chi connectivity index (χ4n) is 1.89. The number of ether oxygens (including phenoxy) is 2. The molecule has 0 aromatic heterocycles. The van der Waals surface area contributed by atoms with Gasteiger partial charge in [-0.1, -0.05) is 0 Å². The monoisotopic (exact) mass is 297 g/mol. The maximum atomic E-state index is 12.6. The highest BCUT2D eigenvalue weighted by Gasteiger charge is 2.33. The summed E-state index contributed by atoms with van der Waals surface area (Å²) in [6, 6.07) is 0. The van der Waals surface area contributed by atoms with Gasteiger partial charge in [0.05, 0.1) is 6.61 Å². The third-order valence-electron chi connectivity index (χ3n) is 2.95. The fourth-order valence-corrected chi connectivity index (χ4v) is 1.89. The summed E-state index contributed by atoms with van der Waals surface area (Å²) < 4.78 is 46.6. The second kappa shape index (κ2) is 6.65.